The maximum Gasteiger partial charge on any atom is 0.136 e. The Morgan fingerprint density at radius 1 is 1.38 bits per heavy atom. The summed E-state index contributed by atoms with van der Waals surface area (Å²) in [5.41, 5.74) is 0.963. The van der Waals surface area contributed by atoms with Gasteiger partial charge in [-0.3, -0.25) is 4.68 Å². The van der Waals surface area contributed by atoms with Crippen LogP contribution in [-0.4, -0.2) is 22.1 Å². The van der Waals surface area contributed by atoms with E-state index in [4.69, 9.17) is 11.6 Å². The number of benzene rings is 1. The van der Waals surface area contributed by atoms with Crippen LogP contribution in [-0.2, 0) is 6.54 Å². The summed E-state index contributed by atoms with van der Waals surface area (Å²) in [6.45, 7) is 5.64. The first-order valence-electron chi connectivity index (χ1n) is 6.99. The molecule has 2 aromatic rings. The monoisotopic (exact) mass is 327 g/mol. The van der Waals surface area contributed by atoms with Crippen LogP contribution < -0.4 is 5.32 Å². The molecule has 114 valence electrons. The molecule has 0 saturated carbocycles. The Bertz CT molecular complexity index is 588. The van der Waals surface area contributed by atoms with Crippen LogP contribution in [0.5, 0.6) is 0 Å². The van der Waals surface area contributed by atoms with Gasteiger partial charge in [0.2, 0.25) is 0 Å². The molecule has 1 heterocycles. The molecule has 0 radical (unpaired) electrons. The highest BCUT2D eigenvalue weighted by Crippen LogP contribution is 2.30. The lowest BCUT2D eigenvalue weighted by Gasteiger charge is -2.19. The maximum atomic E-state index is 13.7. The van der Waals surface area contributed by atoms with Gasteiger partial charge >= 0.3 is 0 Å². The minimum atomic E-state index is -0.187. The fraction of sp³-hybridized carbons (Fsp3) is 0.400. The first-order chi connectivity index (χ1) is 10.2. The van der Waals surface area contributed by atoms with Crippen molar-refractivity contribution in [2.45, 2.75) is 31.3 Å². The third kappa shape index (κ3) is 3.99. The minimum absolute atomic E-state index is 0.0366. The van der Waals surface area contributed by atoms with E-state index < -0.39 is 0 Å². The van der Waals surface area contributed by atoms with E-state index in [-0.39, 0.29) is 11.9 Å². The SMILES string of the molecule is CCNC(CSc1ccccc1F)c1c(Cl)cnn1CC. The number of nitrogens with zero attached hydrogens (tertiary/aromatic N) is 2. The summed E-state index contributed by atoms with van der Waals surface area (Å²) >= 11 is 7.74. The molecule has 1 N–H and O–H groups in total. The van der Waals surface area contributed by atoms with Crippen molar-refractivity contribution in [3.05, 3.63) is 47.0 Å². The second kappa shape index (κ2) is 7.82. The van der Waals surface area contributed by atoms with Crippen LogP contribution in [0.4, 0.5) is 4.39 Å². The molecular formula is C15H19ClFN3S. The highest BCUT2D eigenvalue weighted by atomic mass is 35.5. The fourth-order valence-corrected chi connectivity index (χ4v) is 3.46. The molecule has 21 heavy (non-hydrogen) atoms. The lowest BCUT2D eigenvalue weighted by Crippen LogP contribution is -2.26. The average molecular weight is 328 g/mol. The Kier molecular flexibility index (Phi) is 6.08. The summed E-state index contributed by atoms with van der Waals surface area (Å²) in [6.07, 6.45) is 1.67. The largest absolute Gasteiger partial charge is 0.308 e. The highest BCUT2D eigenvalue weighted by molar-refractivity contribution is 7.99. The maximum absolute atomic E-state index is 13.7. The van der Waals surface area contributed by atoms with Gasteiger partial charge in [-0.2, -0.15) is 5.10 Å². The van der Waals surface area contributed by atoms with Gasteiger partial charge in [-0.1, -0.05) is 30.7 Å². The molecule has 0 aliphatic heterocycles. The predicted molar refractivity (Wildman–Crippen MR) is 86.5 cm³/mol. The van der Waals surface area contributed by atoms with Gasteiger partial charge in [0.05, 0.1) is 23.0 Å². The molecule has 0 aliphatic rings. The molecule has 6 heteroatoms. The lowest BCUT2D eigenvalue weighted by molar-refractivity contribution is 0.526. The van der Waals surface area contributed by atoms with Crippen molar-refractivity contribution >= 4 is 23.4 Å². The molecule has 2 rings (SSSR count). The van der Waals surface area contributed by atoms with Crippen LogP contribution in [0.2, 0.25) is 5.02 Å². The number of thioether (sulfide) groups is 1. The van der Waals surface area contributed by atoms with Crippen LogP contribution in [0.1, 0.15) is 25.6 Å². The number of hydrogen-bond donors (Lipinski definition) is 1. The van der Waals surface area contributed by atoms with Crippen molar-refractivity contribution in [3.8, 4) is 0 Å². The number of rotatable bonds is 7. The van der Waals surface area contributed by atoms with E-state index in [1.54, 1.807) is 18.3 Å². The number of halogens is 2. The van der Waals surface area contributed by atoms with Crippen LogP contribution in [0.3, 0.4) is 0 Å². The first kappa shape index (κ1) is 16.3. The highest BCUT2D eigenvalue weighted by Gasteiger charge is 2.20. The molecule has 1 unspecified atom stereocenters. The van der Waals surface area contributed by atoms with Crippen LogP contribution in [0.15, 0.2) is 35.4 Å². The normalized spacial score (nSPS) is 12.6. The van der Waals surface area contributed by atoms with E-state index >= 15 is 0 Å². The Hall–Kier alpha value is -1.04. The predicted octanol–water partition coefficient (Wildman–Crippen LogP) is 4.14. The van der Waals surface area contributed by atoms with Crippen molar-refractivity contribution in [2.24, 2.45) is 0 Å². The zero-order valence-corrected chi connectivity index (χ0v) is 13.7. The van der Waals surface area contributed by atoms with Crippen molar-refractivity contribution < 1.29 is 4.39 Å². The number of aromatic nitrogens is 2. The molecule has 0 fully saturated rings. The Labute approximate surface area is 133 Å². The molecule has 0 aliphatic carbocycles. The smallest absolute Gasteiger partial charge is 0.136 e. The number of nitrogens with one attached hydrogen (secondary N) is 1. The summed E-state index contributed by atoms with van der Waals surface area (Å²) < 4.78 is 15.6. The van der Waals surface area contributed by atoms with E-state index in [2.05, 4.69) is 10.4 Å². The number of aryl methyl sites for hydroxylation is 1. The lowest BCUT2D eigenvalue weighted by atomic mass is 10.2. The van der Waals surface area contributed by atoms with Gasteiger partial charge in [-0.05, 0) is 25.6 Å². The molecule has 1 atom stereocenters. The Morgan fingerprint density at radius 3 is 2.81 bits per heavy atom. The number of hydrogen-bond acceptors (Lipinski definition) is 3. The van der Waals surface area contributed by atoms with E-state index in [1.807, 2.05) is 24.6 Å². The summed E-state index contributed by atoms with van der Waals surface area (Å²) in [5, 5.41) is 8.32. The van der Waals surface area contributed by atoms with Crippen LogP contribution in [0.25, 0.3) is 0 Å². The summed E-state index contributed by atoms with van der Waals surface area (Å²) in [4.78, 5) is 0.652. The minimum Gasteiger partial charge on any atom is -0.308 e. The van der Waals surface area contributed by atoms with Gasteiger partial charge in [-0.25, -0.2) is 4.39 Å². The molecule has 0 amide bonds. The molecule has 1 aromatic carbocycles. The topological polar surface area (TPSA) is 29.9 Å². The fourth-order valence-electron chi connectivity index (χ4n) is 2.19. The standard InChI is InChI=1S/C15H19ClFN3S/c1-3-18-13(15-11(16)9-19-20(15)4-2)10-21-14-8-6-5-7-12(14)17/h5-9,13,18H,3-4,10H2,1-2H3. The Balaban J connectivity index is 2.16. The van der Waals surface area contributed by atoms with Gasteiger partial charge in [0.15, 0.2) is 0 Å². The van der Waals surface area contributed by atoms with E-state index in [9.17, 15) is 4.39 Å². The summed E-state index contributed by atoms with van der Waals surface area (Å²) in [7, 11) is 0. The average Bonchev–Trinajstić information content (AvgIpc) is 2.86. The first-order valence-corrected chi connectivity index (χ1v) is 8.35. The van der Waals surface area contributed by atoms with Gasteiger partial charge in [-0.15, -0.1) is 11.8 Å². The molecule has 1 aromatic heterocycles. The summed E-state index contributed by atoms with van der Waals surface area (Å²) in [6, 6.07) is 6.85. The van der Waals surface area contributed by atoms with E-state index in [1.165, 1.54) is 17.8 Å². The van der Waals surface area contributed by atoms with Gasteiger partial charge in [0.25, 0.3) is 0 Å². The zero-order chi connectivity index (χ0) is 15.2. The van der Waals surface area contributed by atoms with Crippen molar-refractivity contribution in [1.82, 2.24) is 15.1 Å². The zero-order valence-electron chi connectivity index (χ0n) is 12.1. The molecule has 0 spiro atoms. The molecular weight excluding hydrogens is 309 g/mol. The van der Waals surface area contributed by atoms with Gasteiger partial charge < -0.3 is 5.32 Å². The van der Waals surface area contributed by atoms with Crippen molar-refractivity contribution in [1.29, 1.82) is 0 Å². The Morgan fingerprint density at radius 2 is 2.14 bits per heavy atom. The molecule has 0 bridgehead atoms. The molecule has 0 saturated heterocycles. The third-order valence-electron chi connectivity index (χ3n) is 3.16. The summed E-state index contributed by atoms with van der Waals surface area (Å²) in [5.74, 6) is 0.507. The van der Waals surface area contributed by atoms with Gasteiger partial charge in [0.1, 0.15) is 5.82 Å². The second-order valence-corrected chi connectivity index (χ2v) is 6.01. The van der Waals surface area contributed by atoms with Crippen LogP contribution >= 0.6 is 23.4 Å². The van der Waals surface area contributed by atoms with Crippen LogP contribution in [0, 0.1) is 5.82 Å². The van der Waals surface area contributed by atoms with Gasteiger partial charge in [0, 0.05) is 17.2 Å². The third-order valence-corrected chi connectivity index (χ3v) is 4.59. The van der Waals surface area contributed by atoms with E-state index in [0.29, 0.717) is 15.7 Å². The quantitative estimate of drug-likeness (QED) is 0.775. The van der Waals surface area contributed by atoms with Crippen molar-refractivity contribution in [3.63, 3.8) is 0 Å². The van der Waals surface area contributed by atoms with E-state index in [0.717, 1.165) is 18.8 Å². The second-order valence-electron chi connectivity index (χ2n) is 4.55. The van der Waals surface area contributed by atoms with Crippen molar-refractivity contribution in [2.75, 3.05) is 12.3 Å². The molecule has 3 nitrogen and oxygen atoms in total.